The van der Waals surface area contributed by atoms with Gasteiger partial charge in [0.2, 0.25) is 0 Å². The third-order valence-electron chi connectivity index (χ3n) is 4.73. The molecule has 0 radical (unpaired) electrons. The minimum Gasteiger partial charge on any atom is -0.396 e. The maximum atomic E-state index is 9.67. The fourth-order valence-electron chi connectivity index (χ4n) is 3.81. The van der Waals surface area contributed by atoms with Crippen LogP contribution in [0.1, 0.15) is 30.6 Å². The van der Waals surface area contributed by atoms with Gasteiger partial charge in [-0.1, -0.05) is 6.07 Å². The van der Waals surface area contributed by atoms with Crippen molar-refractivity contribution >= 4 is 11.3 Å². The number of nitrogens with zero attached hydrogens (tertiary/aromatic N) is 1. The van der Waals surface area contributed by atoms with Gasteiger partial charge < -0.3 is 5.11 Å². The van der Waals surface area contributed by atoms with Gasteiger partial charge in [-0.15, -0.1) is 11.3 Å². The first-order chi connectivity index (χ1) is 7.79. The Hall–Kier alpha value is -0.380. The van der Waals surface area contributed by atoms with E-state index in [4.69, 9.17) is 0 Å². The van der Waals surface area contributed by atoms with E-state index in [9.17, 15) is 5.11 Å². The average Bonchev–Trinajstić information content (AvgIpc) is 2.87. The Kier molecular flexibility index (Phi) is 2.57. The molecule has 0 aromatic carbocycles. The Morgan fingerprint density at radius 3 is 3.06 bits per heavy atom. The van der Waals surface area contributed by atoms with E-state index in [0.29, 0.717) is 12.5 Å². The second-order valence-corrected chi connectivity index (χ2v) is 6.11. The van der Waals surface area contributed by atoms with Crippen LogP contribution >= 0.6 is 11.3 Å². The number of aliphatic hydroxyl groups excluding tert-OH is 1. The van der Waals surface area contributed by atoms with Gasteiger partial charge in [0, 0.05) is 23.4 Å². The highest BCUT2D eigenvalue weighted by molar-refractivity contribution is 7.10. The zero-order valence-corrected chi connectivity index (χ0v) is 10.5. The molecule has 88 valence electrons. The first-order valence-electron chi connectivity index (χ1n) is 6.17. The number of thiophene rings is 1. The molecule has 1 aromatic heterocycles. The van der Waals surface area contributed by atoms with Crippen molar-refractivity contribution in [2.45, 2.75) is 37.3 Å². The minimum atomic E-state index is 0.145. The lowest BCUT2D eigenvalue weighted by molar-refractivity contribution is -0.00429. The molecule has 2 fully saturated rings. The van der Waals surface area contributed by atoms with Crippen molar-refractivity contribution in [3.63, 3.8) is 0 Å². The molecule has 0 aliphatic carbocycles. The van der Waals surface area contributed by atoms with Crippen LogP contribution in [0.25, 0.3) is 0 Å². The van der Waals surface area contributed by atoms with Gasteiger partial charge in [-0.2, -0.15) is 0 Å². The molecular weight excluding hydrogens is 218 g/mol. The molecule has 0 saturated carbocycles. The van der Waals surface area contributed by atoms with Crippen molar-refractivity contribution in [3.8, 4) is 0 Å². The standard InChI is InChI=1S/C13H19NOS/c1-14-11-5-4-10(9-15)13(14,7-6-11)12-3-2-8-16-12/h2-3,8,10-11,15H,4-7,9H2,1H3. The van der Waals surface area contributed by atoms with Crippen LogP contribution in [0.15, 0.2) is 17.5 Å². The molecule has 2 saturated heterocycles. The lowest BCUT2D eigenvalue weighted by atomic mass is 9.77. The molecule has 3 unspecified atom stereocenters. The SMILES string of the molecule is CN1C2CCC(CO)C1(c1cccs1)CC2. The van der Waals surface area contributed by atoms with Gasteiger partial charge >= 0.3 is 0 Å². The van der Waals surface area contributed by atoms with Crippen molar-refractivity contribution in [2.75, 3.05) is 13.7 Å². The molecule has 2 nitrogen and oxygen atoms in total. The fraction of sp³-hybridized carbons (Fsp3) is 0.692. The summed E-state index contributed by atoms with van der Waals surface area (Å²) < 4.78 is 0. The lowest BCUT2D eigenvalue weighted by Crippen LogP contribution is -2.51. The van der Waals surface area contributed by atoms with E-state index in [0.717, 1.165) is 6.04 Å². The van der Waals surface area contributed by atoms with Crippen LogP contribution in [0.5, 0.6) is 0 Å². The van der Waals surface area contributed by atoms with Crippen LogP contribution in [-0.2, 0) is 5.54 Å². The van der Waals surface area contributed by atoms with E-state index < -0.39 is 0 Å². The zero-order chi connectivity index (χ0) is 11.2. The summed E-state index contributed by atoms with van der Waals surface area (Å²) in [7, 11) is 2.25. The largest absolute Gasteiger partial charge is 0.396 e. The number of aliphatic hydroxyl groups is 1. The average molecular weight is 237 g/mol. The zero-order valence-electron chi connectivity index (χ0n) is 9.72. The number of hydrogen-bond acceptors (Lipinski definition) is 3. The first kappa shape index (κ1) is 10.8. The molecule has 3 rings (SSSR count). The van der Waals surface area contributed by atoms with Gasteiger partial charge in [0.05, 0.1) is 5.54 Å². The summed E-state index contributed by atoms with van der Waals surface area (Å²) in [5, 5.41) is 11.8. The summed E-state index contributed by atoms with van der Waals surface area (Å²) in [6.45, 7) is 0.328. The Labute approximate surface area is 101 Å². The van der Waals surface area contributed by atoms with Crippen LogP contribution in [0.2, 0.25) is 0 Å². The molecule has 3 heterocycles. The van der Waals surface area contributed by atoms with Gasteiger partial charge in [-0.25, -0.2) is 0 Å². The van der Waals surface area contributed by atoms with Gasteiger partial charge in [0.25, 0.3) is 0 Å². The third-order valence-corrected chi connectivity index (χ3v) is 5.76. The molecule has 1 N–H and O–H groups in total. The van der Waals surface area contributed by atoms with E-state index in [1.54, 1.807) is 0 Å². The summed E-state index contributed by atoms with van der Waals surface area (Å²) in [5.41, 5.74) is 0.145. The van der Waals surface area contributed by atoms with Crippen LogP contribution in [-0.4, -0.2) is 29.7 Å². The van der Waals surface area contributed by atoms with Gasteiger partial charge in [-0.05, 0) is 44.2 Å². The second kappa shape index (κ2) is 3.83. The molecule has 0 amide bonds. The number of piperidine rings is 1. The molecule has 0 spiro atoms. The number of fused-ring (bicyclic) bond motifs is 2. The van der Waals surface area contributed by atoms with Crippen molar-refractivity contribution in [3.05, 3.63) is 22.4 Å². The van der Waals surface area contributed by atoms with Crippen molar-refractivity contribution in [1.29, 1.82) is 0 Å². The van der Waals surface area contributed by atoms with Crippen molar-refractivity contribution < 1.29 is 5.11 Å². The molecular formula is C13H19NOS. The van der Waals surface area contributed by atoms with E-state index in [2.05, 4.69) is 29.5 Å². The third kappa shape index (κ3) is 1.25. The van der Waals surface area contributed by atoms with Crippen molar-refractivity contribution in [2.24, 2.45) is 5.92 Å². The van der Waals surface area contributed by atoms with Crippen LogP contribution in [0.3, 0.4) is 0 Å². The quantitative estimate of drug-likeness (QED) is 0.854. The Bertz CT molecular complexity index is 364. The summed E-state index contributed by atoms with van der Waals surface area (Å²) in [4.78, 5) is 4.00. The van der Waals surface area contributed by atoms with Crippen LogP contribution in [0.4, 0.5) is 0 Å². The maximum Gasteiger partial charge on any atom is 0.0604 e. The predicted octanol–water partition coefficient (Wildman–Crippen LogP) is 2.44. The minimum absolute atomic E-state index is 0.145. The van der Waals surface area contributed by atoms with E-state index in [1.165, 1.54) is 30.6 Å². The molecule has 16 heavy (non-hydrogen) atoms. The highest BCUT2D eigenvalue weighted by Gasteiger charge is 2.53. The highest BCUT2D eigenvalue weighted by atomic mass is 32.1. The summed E-state index contributed by atoms with van der Waals surface area (Å²) >= 11 is 1.85. The Morgan fingerprint density at radius 1 is 1.50 bits per heavy atom. The summed E-state index contributed by atoms with van der Waals surface area (Å²) in [6, 6.07) is 5.13. The van der Waals surface area contributed by atoms with E-state index in [1.807, 2.05) is 11.3 Å². The molecule has 2 aliphatic rings. The molecule has 2 bridgehead atoms. The number of rotatable bonds is 2. The van der Waals surface area contributed by atoms with Crippen LogP contribution < -0.4 is 0 Å². The normalized spacial score (nSPS) is 39.1. The highest BCUT2D eigenvalue weighted by Crippen LogP contribution is 2.53. The summed E-state index contributed by atoms with van der Waals surface area (Å²) in [6.07, 6.45) is 4.96. The monoisotopic (exact) mass is 237 g/mol. The van der Waals surface area contributed by atoms with Gasteiger partial charge in [-0.3, -0.25) is 4.90 Å². The number of hydrogen-bond donors (Lipinski definition) is 1. The van der Waals surface area contributed by atoms with Crippen molar-refractivity contribution in [1.82, 2.24) is 4.90 Å². The topological polar surface area (TPSA) is 23.5 Å². The van der Waals surface area contributed by atoms with E-state index in [-0.39, 0.29) is 5.54 Å². The molecule has 3 heteroatoms. The lowest BCUT2D eigenvalue weighted by Gasteiger charge is -2.47. The smallest absolute Gasteiger partial charge is 0.0604 e. The van der Waals surface area contributed by atoms with Gasteiger partial charge in [0.1, 0.15) is 0 Å². The van der Waals surface area contributed by atoms with Gasteiger partial charge in [0.15, 0.2) is 0 Å². The second-order valence-electron chi connectivity index (χ2n) is 5.16. The first-order valence-corrected chi connectivity index (χ1v) is 7.05. The van der Waals surface area contributed by atoms with Crippen LogP contribution in [0, 0.1) is 5.92 Å². The maximum absolute atomic E-state index is 9.67. The Balaban J connectivity index is 2.06. The molecule has 1 aromatic rings. The predicted molar refractivity (Wildman–Crippen MR) is 66.6 cm³/mol. The molecule has 3 atom stereocenters. The fourth-order valence-corrected chi connectivity index (χ4v) is 4.89. The summed E-state index contributed by atoms with van der Waals surface area (Å²) in [5.74, 6) is 0.426. The van der Waals surface area contributed by atoms with E-state index >= 15 is 0 Å². The Morgan fingerprint density at radius 2 is 2.38 bits per heavy atom. The molecule has 2 aliphatic heterocycles.